The molecule has 1 saturated heterocycles. The van der Waals surface area contributed by atoms with Gasteiger partial charge in [0.05, 0.1) is 6.20 Å². The zero-order valence-corrected chi connectivity index (χ0v) is 8.40. The Morgan fingerprint density at radius 3 is 2.93 bits per heavy atom. The van der Waals surface area contributed by atoms with E-state index in [1.54, 1.807) is 6.20 Å². The van der Waals surface area contributed by atoms with Crippen LogP contribution in [0.5, 0.6) is 0 Å². The molecule has 3 rings (SSSR count). The number of nitrogens with one attached hydrogen (secondary N) is 1. The Balaban J connectivity index is 1.96. The van der Waals surface area contributed by atoms with Crippen LogP contribution in [0.3, 0.4) is 0 Å². The number of piperidine rings is 1. The third-order valence-corrected chi connectivity index (χ3v) is 2.76. The zero-order chi connectivity index (χ0) is 10.1. The van der Waals surface area contributed by atoms with Crippen molar-refractivity contribution in [2.24, 2.45) is 0 Å². The molecule has 0 atom stereocenters. The molecule has 15 heavy (non-hydrogen) atoms. The Morgan fingerprint density at radius 2 is 2.13 bits per heavy atom. The highest BCUT2D eigenvalue weighted by Gasteiger charge is 2.14. The number of nitrogens with zero attached hydrogens (tertiary/aromatic N) is 4. The monoisotopic (exact) mass is 202 g/mol. The highest BCUT2D eigenvalue weighted by Crippen LogP contribution is 2.18. The van der Waals surface area contributed by atoms with E-state index in [2.05, 4.69) is 31.2 Å². The predicted octanol–water partition coefficient (Wildman–Crippen LogP) is 1.14. The molecule has 1 aliphatic heterocycles. The molecule has 0 aliphatic carbocycles. The number of hydrogen-bond donors (Lipinski definition) is 1. The minimum Gasteiger partial charge on any atom is -0.342 e. The van der Waals surface area contributed by atoms with Gasteiger partial charge in [0.2, 0.25) is 5.95 Å². The molecule has 77 valence electrons. The summed E-state index contributed by atoms with van der Waals surface area (Å²) >= 11 is 0. The Morgan fingerprint density at radius 1 is 1.27 bits per heavy atom. The summed E-state index contributed by atoms with van der Waals surface area (Å²) in [6.45, 7) is 2.16. The van der Waals surface area contributed by atoms with E-state index in [0.717, 1.165) is 24.6 Å². The number of hydrogen-bond acceptors (Lipinski definition) is 4. The van der Waals surface area contributed by atoms with E-state index in [1.807, 2.05) is 0 Å². The topological polar surface area (TPSA) is 57.7 Å². The minimum atomic E-state index is 0.700. The van der Waals surface area contributed by atoms with Crippen molar-refractivity contribution in [3.05, 3.63) is 12.5 Å². The average Bonchev–Trinajstić information content (AvgIpc) is 2.74. The van der Waals surface area contributed by atoms with E-state index in [0.29, 0.717) is 5.65 Å². The summed E-state index contributed by atoms with van der Waals surface area (Å²) in [4.78, 5) is 17.8. The van der Waals surface area contributed by atoms with Crippen LogP contribution in [0.1, 0.15) is 19.3 Å². The van der Waals surface area contributed by atoms with Gasteiger partial charge in [0.15, 0.2) is 12.0 Å². The molecule has 3 heterocycles. The van der Waals surface area contributed by atoms with Gasteiger partial charge in [-0.25, -0.2) is 9.97 Å². The highest BCUT2D eigenvalue weighted by molar-refractivity contribution is 5.71. The first kappa shape index (κ1) is 8.64. The fourth-order valence-electron chi connectivity index (χ4n) is 1.97. The van der Waals surface area contributed by atoms with E-state index in [1.165, 1.54) is 19.3 Å². The van der Waals surface area contributed by atoms with E-state index in [-0.39, 0.29) is 0 Å². The van der Waals surface area contributed by atoms with Crippen LogP contribution in [0, 0.1) is 6.33 Å². The number of anilines is 1. The normalized spacial score (nSPS) is 17.2. The number of rotatable bonds is 1. The predicted molar refractivity (Wildman–Crippen MR) is 56.6 cm³/mol. The van der Waals surface area contributed by atoms with Crippen LogP contribution in [-0.2, 0) is 0 Å². The summed E-state index contributed by atoms with van der Waals surface area (Å²) in [6, 6.07) is 0. The van der Waals surface area contributed by atoms with Gasteiger partial charge in [0.25, 0.3) is 0 Å². The minimum absolute atomic E-state index is 0.700. The summed E-state index contributed by atoms with van der Waals surface area (Å²) in [5, 5.41) is 0. The summed E-state index contributed by atoms with van der Waals surface area (Å²) in [7, 11) is 0. The summed E-state index contributed by atoms with van der Waals surface area (Å²) in [5.74, 6) is 0.915. The first-order valence-electron chi connectivity index (χ1n) is 5.27. The van der Waals surface area contributed by atoms with Gasteiger partial charge in [-0.2, -0.15) is 4.98 Å². The number of fused-ring (bicyclic) bond motifs is 1. The van der Waals surface area contributed by atoms with Crippen LogP contribution in [0.4, 0.5) is 5.95 Å². The van der Waals surface area contributed by atoms with Crippen LogP contribution >= 0.6 is 0 Å². The molecule has 1 radical (unpaired) electrons. The number of aromatic nitrogens is 4. The lowest BCUT2D eigenvalue weighted by molar-refractivity contribution is 0.570. The lowest BCUT2D eigenvalue weighted by Gasteiger charge is -2.25. The first-order valence-corrected chi connectivity index (χ1v) is 5.27. The molecule has 0 bridgehead atoms. The van der Waals surface area contributed by atoms with E-state index < -0.39 is 0 Å². The Hall–Kier alpha value is -1.65. The standard InChI is InChI=1S/C10H12N5/c1-2-4-15(5-3-1)10-13-8-6-11-7-12-9(8)14-10/h6H,1-5H2,(H,11,12,13,14). The molecule has 0 saturated carbocycles. The van der Waals surface area contributed by atoms with Crippen LogP contribution in [0.2, 0.25) is 0 Å². The van der Waals surface area contributed by atoms with Gasteiger partial charge in [-0.05, 0) is 19.3 Å². The Bertz CT molecular complexity index is 425. The van der Waals surface area contributed by atoms with Crippen LogP contribution < -0.4 is 4.90 Å². The molecule has 0 aromatic carbocycles. The molecular formula is C10H12N5. The molecule has 5 nitrogen and oxygen atoms in total. The third-order valence-electron chi connectivity index (χ3n) is 2.76. The maximum atomic E-state index is 4.42. The molecule has 0 spiro atoms. The summed E-state index contributed by atoms with van der Waals surface area (Å²) in [6.07, 6.45) is 8.08. The van der Waals surface area contributed by atoms with Gasteiger partial charge in [-0.1, -0.05) is 0 Å². The second-order valence-electron chi connectivity index (χ2n) is 3.82. The molecule has 5 heteroatoms. The quantitative estimate of drug-likeness (QED) is 0.753. The van der Waals surface area contributed by atoms with Gasteiger partial charge in [0, 0.05) is 13.1 Å². The summed E-state index contributed by atoms with van der Waals surface area (Å²) in [5.41, 5.74) is 1.58. The van der Waals surface area contributed by atoms with Crippen LogP contribution in [-0.4, -0.2) is 33.0 Å². The van der Waals surface area contributed by atoms with Gasteiger partial charge in [-0.15, -0.1) is 0 Å². The smallest absolute Gasteiger partial charge is 0.205 e. The van der Waals surface area contributed by atoms with E-state index in [4.69, 9.17) is 0 Å². The van der Waals surface area contributed by atoms with Crippen molar-refractivity contribution in [2.75, 3.05) is 18.0 Å². The fraction of sp³-hybridized carbons (Fsp3) is 0.500. The van der Waals surface area contributed by atoms with E-state index in [9.17, 15) is 0 Å². The lowest BCUT2D eigenvalue weighted by atomic mass is 10.1. The molecule has 2 aromatic heterocycles. The SMILES string of the molecule is [c]1ncc2[nH]c(N3CCCCC3)nc2n1. The van der Waals surface area contributed by atoms with Gasteiger partial charge >= 0.3 is 0 Å². The third kappa shape index (κ3) is 1.54. The average molecular weight is 202 g/mol. The maximum absolute atomic E-state index is 4.42. The second kappa shape index (κ2) is 3.49. The molecule has 1 N–H and O–H groups in total. The highest BCUT2D eigenvalue weighted by atomic mass is 15.3. The molecule has 0 unspecified atom stereocenters. The maximum Gasteiger partial charge on any atom is 0.205 e. The first-order chi connectivity index (χ1) is 7.43. The van der Waals surface area contributed by atoms with Gasteiger partial charge in [-0.3, -0.25) is 0 Å². The number of aromatic amines is 1. The van der Waals surface area contributed by atoms with Crippen molar-refractivity contribution in [3.63, 3.8) is 0 Å². The molecule has 2 aromatic rings. The summed E-state index contributed by atoms with van der Waals surface area (Å²) < 4.78 is 0. The second-order valence-corrected chi connectivity index (χ2v) is 3.82. The molecule has 1 fully saturated rings. The van der Waals surface area contributed by atoms with Crippen molar-refractivity contribution >= 4 is 17.1 Å². The van der Waals surface area contributed by atoms with Gasteiger partial charge in [0.1, 0.15) is 5.52 Å². The van der Waals surface area contributed by atoms with Crippen molar-refractivity contribution in [3.8, 4) is 0 Å². The molecule has 0 amide bonds. The van der Waals surface area contributed by atoms with E-state index >= 15 is 0 Å². The molecule has 1 aliphatic rings. The number of H-pyrrole nitrogens is 1. The Labute approximate surface area is 87.6 Å². The van der Waals surface area contributed by atoms with Crippen molar-refractivity contribution in [1.82, 2.24) is 19.9 Å². The lowest BCUT2D eigenvalue weighted by Crippen LogP contribution is -2.30. The van der Waals surface area contributed by atoms with Crippen molar-refractivity contribution < 1.29 is 0 Å². The van der Waals surface area contributed by atoms with Crippen LogP contribution in [0.15, 0.2) is 6.20 Å². The largest absolute Gasteiger partial charge is 0.342 e. The Kier molecular flexibility index (Phi) is 2.01. The van der Waals surface area contributed by atoms with Gasteiger partial charge < -0.3 is 9.88 Å². The number of imidazole rings is 1. The van der Waals surface area contributed by atoms with Crippen LogP contribution in [0.25, 0.3) is 11.2 Å². The van der Waals surface area contributed by atoms with Crippen molar-refractivity contribution in [2.45, 2.75) is 19.3 Å². The zero-order valence-electron chi connectivity index (χ0n) is 8.40. The fourth-order valence-corrected chi connectivity index (χ4v) is 1.97. The molecular weight excluding hydrogens is 190 g/mol. The van der Waals surface area contributed by atoms with Crippen molar-refractivity contribution in [1.29, 1.82) is 0 Å².